The highest BCUT2D eigenvalue weighted by Gasteiger charge is 2.21. The normalized spacial score (nSPS) is 12.8. The van der Waals surface area contributed by atoms with Crippen LogP contribution in [0.1, 0.15) is 5.56 Å². The summed E-state index contributed by atoms with van der Waals surface area (Å²) in [5, 5.41) is 16.1. The third-order valence-corrected chi connectivity index (χ3v) is 9.61. The van der Waals surface area contributed by atoms with Crippen LogP contribution in [-0.2, 0) is 0 Å². The molecular weight excluding hydrogens is 414 g/mol. The number of rotatable bonds is 1. The number of aromatic nitrogens is 1. The lowest BCUT2D eigenvalue weighted by atomic mass is 9.86. The van der Waals surface area contributed by atoms with E-state index in [0.717, 1.165) is 5.52 Å². The highest BCUT2D eigenvalue weighted by atomic mass is 28.3. The van der Waals surface area contributed by atoms with Crippen LogP contribution in [0.2, 0.25) is 19.6 Å². The zero-order chi connectivity index (χ0) is 22.5. The highest BCUT2D eigenvalue weighted by molar-refractivity contribution is 6.88. The first-order valence-corrected chi connectivity index (χ1v) is 15.2. The zero-order valence-electron chi connectivity index (χ0n) is 19.5. The number of aryl methyl sites for hydroxylation is 1. The second-order valence-corrected chi connectivity index (χ2v) is 15.5. The number of fused-ring (bicyclic) bond motifs is 7. The van der Waals surface area contributed by atoms with Crippen molar-refractivity contribution in [3.63, 3.8) is 0 Å². The topological polar surface area (TPSA) is 12.9 Å². The van der Waals surface area contributed by atoms with Gasteiger partial charge < -0.3 is 0 Å². The Balaban J connectivity index is 1.83. The van der Waals surface area contributed by atoms with Gasteiger partial charge in [-0.3, -0.25) is 4.98 Å². The van der Waals surface area contributed by atoms with Crippen LogP contribution in [0, 0.1) is 6.92 Å². The van der Waals surface area contributed by atoms with E-state index in [2.05, 4.69) is 99.4 Å². The van der Waals surface area contributed by atoms with Crippen LogP contribution >= 0.6 is 0 Å². The minimum absolute atomic E-state index is 1.12. The van der Waals surface area contributed by atoms with Gasteiger partial charge in [-0.2, -0.15) is 0 Å². The van der Waals surface area contributed by atoms with Crippen molar-refractivity contribution in [3.8, 4) is 0 Å². The molecule has 1 aromatic heterocycles. The second-order valence-electron chi connectivity index (χ2n) is 10.5. The maximum absolute atomic E-state index is 4.98. The molecule has 0 aliphatic carbocycles. The standard InChI is InChI=1S/C31H25NSi/c1-18-21-9-6-5-8-19(21)16-27-28(18)25-11-7-10-23-26-17-20(33(2,3)4)12-13-22(26)24-14-15-32-31(27)30(24)29(23)25/h5-17H,1-4H3. The van der Waals surface area contributed by atoms with Crippen molar-refractivity contribution in [2.24, 2.45) is 0 Å². The monoisotopic (exact) mass is 439 g/mol. The molecule has 158 valence electrons. The molecule has 0 fully saturated rings. The van der Waals surface area contributed by atoms with Crippen LogP contribution in [-0.4, -0.2) is 13.1 Å². The summed E-state index contributed by atoms with van der Waals surface area (Å²) in [6.45, 7) is 9.56. The van der Waals surface area contributed by atoms with E-state index in [0.29, 0.717) is 0 Å². The van der Waals surface area contributed by atoms with Crippen molar-refractivity contribution in [1.82, 2.24) is 4.98 Å². The van der Waals surface area contributed by atoms with E-state index in [9.17, 15) is 0 Å². The molecule has 0 saturated heterocycles. The Hall–Kier alpha value is -3.49. The first-order valence-electron chi connectivity index (χ1n) is 11.7. The molecule has 0 aliphatic heterocycles. The van der Waals surface area contributed by atoms with Crippen molar-refractivity contribution >= 4 is 78.0 Å². The molecule has 0 unspecified atom stereocenters. The number of hydrogen-bond donors (Lipinski definition) is 0. The average Bonchev–Trinajstić information content (AvgIpc) is 2.82. The Morgan fingerprint density at radius 3 is 2.18 bits per heavy atom. The van der Waals surface area contributed by atoms with Crippen molar-refractivity contribution < 1.29 is 0 Å². The second kappa shape index (κ2) is 6.30. The van der Waals surface area contributed by atoms with E-state index in [1.54, 1.807) is 0 Å². The summed E-state index contributed by atoms with van der Waals surface area (Å²) in [4.78, 5) is 4.98. The molecule has 1 heterocycles. The largest absolute Gasteiger partial charge is 0.256 e. The number of pyridine rings is 1. The van der Waals surface area contributed by atoms with Crippen LogP contribution in [0.5, 0.6) is 0 Å². The van der Waals surface area contributed by atoms with Crippen LogP contribution in [0.4, 0.5) is 0 Å². The Morgan fingerprint density at radius 2 is 1.33 bits per heavy atom. The summed E-state index contributed by atoms with van der Waals surface area (Å²) in [5.41, 5.74) is 2.47. The molecule has 0 aliphatic rings. The minimum atomic E-state index is -1.43. The number of nitrogens with zero attached hydrogens (tertiary/aromatic N) is 1. The van der Waals surface area contributed by atoms with Crippen molar-refractivity contribution in [2.75, 3.05) is 0 Å². The Bertz CT molecular complexity index is 1910. The summed E-state index contributed by atoms with van der Waals surface area (Å²) >= 11 is 0. The maximum Gasteiger partial charge on any atom is 0.0793 e. The molecule has 6 aromatic carbocycles. The first kappa shape index (κ1) is 19.0. The van der Waals surface area contributed by atoms with Gasteiger partial charge in [-0.15, -0.1) is 0 Å². The van der Waals surface area contributed by atoms with E-state index in [1.807, 2.05) is 6.20 Å². The third kappa shape index (κ3) is 2.45. The van der Waals surface area contributed by atoms with Gasteiger partial charge in [0, 0.05) is 22.4 Å². The fraction of sp³-hybridized carbons (Fsp3) is 0.129. The SMILES string of the molecule is Cc1c2ccccc2cc2c3nccc4c5ccc([Si](C)(C)C)cc5c5cccc(c12)c5c43. The number of benzene rings is 6. The lowest BCUT2D eigenvalue weighted by Crippen LogP contribution is -2.37. The summed E-state index contributed by atoms with van der Waals surface area (Å²) in [7, 11) is -1.43. The van der Waals surface area contributed by atoms with Crippen LogP contribution in [0.3, 0.4) is 0 Å². The molecule has 2 heteroatoms. The smallest absolute Gasteiger partial charge is 0.0793 e. The predicted molar refractivity (Wildman–Crippen MR) is 148 cm³/mol. The molecule has 0 spiro atoms. The molecule has 33 heavy (non-hydrogen) atoms. The fourth-order valence-corrected chi connectivity index (χ4v) is 7.09. The van der Waals surface area contributed by atoms with Gasteiger partial charge in [0.05, 0.1) is 13.6 Å². The van der Waals surface area contributed by atoms with E-state index in [4.69, 9.17) is 4.98 Å². The summed E-state index contributed by atoms with van der Waals surface area (Å²) < 4.78 is 0. The van der Waals surface area contributed by atoms with E-state index < -0.39 is 8.07 Å². The summed E-state index contributed by atoms with van der Waals surface area (Å²) in [6, 6.07) is 27.4. The van der Waals surface area contributed by atoms with Gasteiger partial charge in [-0.1, -0.05) is 85.5 Å². The molecule has 0 saturated carbocycles. The Morgan fingerprint density at radius 1 is 0.576 bits per heavy atom. The van der Waals surface area contributed by atoms with Crippen LogP contribution < -0.4 is 5.19 Å². The molecule has 0 N–H and O–H groups in total. The Kier molecular flexibility index (Phi) is 3.63. The molecule has 0 radical (unpaired) electrons. The lowest BCUT2D eigenvalue weighted by Gasteiger charge is -2.21. The van der Waals surface area contributed by atoms with Crippen LogP contribution in [0.25, 0.3) is 64.8 Å². The van der Waals surface area contributed by atoms with Gasteiger partial charge in [0.1, 0.15) is 0 Å². The minimum Gasteiger partial charge on any atom is -0.256 e. The van der Waals surface area contributed by atoms with Gasteiger partial charge in [0.2, 0.25) is 0 Å². The van der Waals surface area contributed by atoms with Crippen molar-refractivity contribution in [1.29, 1.82) is 0 Å². The quantitative estimate of drug-likeness (QED) is 0.142. The molecule has 0 amide bonds. The third-order valence-electron chi connectivity index (χ3n) is 7.56. The highest BCUT2D eigenvalue weighted by Crippen LogP contribution is 2.45. The predicted octanol–water partition coefficient (Wildman–Crippen LogP) is 8.29. The van der Waals surface area contributed by atoms with E-state index in [1.165, 1.54) is 70.0 Å². The molecule has 0 bridgehead atoms. The van der Waals surface area contributed by atoms with Gasteiger partial charge in [0.15, 0.2) is 0 Å². The maximum atomic E-state index is 4.98. The van der Waals surface area contributed by atoms with E-state index in [-0.39, 0.29) is 0 Å². The molecule has 7 aromatic rings. The average molecular weight is 440 g/mol. The van der Waals surface area contributed by atoms with Gasteiger partial charge in [-0.05, 0) is 67.7 Å². The molecule has 0 atom stereocenters. The van der Waals surface area contributed by atoms with Crippen molar-refractivity contribution in [2.45, 2.75) is 26.6 Å². The zero-order valence-corrected chi connectivity index (χ0v) is 20.5. The van der Waals surface area contributed by atoms with Crippen LogP contribution in [0.15, 0.2) is 79.0 Å². The molecule has 1 nitrogen and oxygen atoms in total. The van der Waals surface area contributed by atoms with Crippen molar-refractivity contribution in [3.05, 3.63) is 84.6 Å². The molecule has 7 rings (SSSR count). The Labute approximate surface area is 194 Å². The molecular formula is C31H25NSi. The summed E-state index contributed by atoms with van der Waals surface area (Å²) in [5.74, 6) is 0. The summed E-state index contributed by atoms with van der Waals surface area (Å²) in [6.07, 6.45) is 2.00. The number of hydrogen-bond acceptors (Lipinski definition) is 1. The lowest BCUT2D eigenvalue weighted by molar-refractivity contribution is 1.44. The van der Waals surface area contributed by atoms with Gasteiger partial charge in [-0.25, -0.2) is 0 Å². The fourth-order valence-electron chi connectivity index (χ4n) is 5.93. The van der Waals surface area contributed by atoms with E-state index >= 15 is 0 Å². The van der Waals surface area contributed by atoms with Gasteiger partial charge >= 0.3 is 0 Å². The van der Waals surface area contributed by atoms with Gasteiger partial charge in [0.25, 0.3) is 0 Å². The first-order chi connectivity index (χ1) is 15.9.